The fraction of sp³-hybridized carbons (Fsp3) is 0.720. The topological polar surface area (TPSA) is 43.8 Å². The Morgan fingerprint density at radius 3 is 2.21 bits per heavy atom. The van der Waals surface area contributed by atoms with E-state index in [2.05, 4.69) is 23.6 Å². The Morgan fingerprint density at radius 2 is 1.69 bits per heavy atom. The Balaban J connectivity index is 1.50. The minimum atomic E-state index is -0.0184. The van der Waals surface area contributed by atoms with Crippen LogP contribution >= 0.6 is 0 Å². The Hall–Kier alpha value is -1.55. The summed E-state index contributed by atoms with van der Waals surface area (Å²) in [7, 11) is 0. The molecule has 0 aliphatic carbocycles. The molecule has 0 spiro atoms. The SMILES string of the molecule is CCC1(C)CCN(C2CCN(C(=O)[C@H](C)Cc3cc(C)c(O)c(C)c3)CC2)CC1. The fourth-order valence-electron chi connectivity index (χ4n) is 5.15. The molecule has 1 amide bonds. The van der Waals surface area contributed by atoms with Crippen LogP contribution in [0.4, 0.5) is 0 Å². The maximum atomic E-state index is 13.0. The highest BCUT2D eigenvalue weighted by Gasteiger charge is 2.34. The van der Waals surface area contributed by atoms with E-state index >= 15 is 0 Å². The third-order valence-electron chi connectivity index (χ3n) is 7.67. The van der Waals surface area contributed by atoms with Crippen LogP contribution in [0.2, 0.25) is 0 Å². The standard InChI is InChI=1S/C25H40N2O2/c1-6-25(5)9-13-26(14-10-25)22-7-11-27(12-8-22)24(29)20(4)17-21-15-18(2)23(28)19(3)16-21/h15-16,20,22,28H,6-14,17H2,1-5H3/t20-/m1/s1. The van der Waals surface area contributed by atoms with E-state index in [9.17, 15) is 9.90 Å². The van der Waals surface area contributed by atoms with Crippen LogP contribution in [0.3, 0.4) is 0 Å². The van der Waals surface area contributed by atoms with Crippen molar-refractivity contribution in [2.75, 3.05) is 26.2 Å². The van der Waals surface area contributed by atoms with Gasteiger partial charge in [-0.05, 0) is 81.1 Å². The quantitative estimate of drug-likeness (QED) is 0.780. The summed E-state index contributed by atoms with van der Waals surface area (Å²) < 4.78 is 0. The maximum Gasteiger partial charge on any atom is 0.225 e. The molecule has 1 aromatic carbocycles. The van der Waals surface area contributed by atoms with E-state index in [0.717, 1.165) is 49.0 Å². The van der Waals surface area contributed by atoms with Gasteiger partial charge in [-0.25, -0.2) is 0 Å². The van der Waals surface area contributed by atoms with Crippen LogP contribution in [0.5, 0.6) is 5.75 Å². The van der Waals surface area contributed by atoms with E-state index in [1.165, 1.54) is 32.4 Å². The monoisotopic (exact) mass is 400 g/mol. The van der Waals surface area contributed by atoms with Crippen LogP contribution in [-0.4, -0.2) is 53.0 Å². The number of amides is 1. The molecule has 0 saturated carbocycles. The zero-order valence-corrected chi connectivity index (χ0v) is 19.1. The number of nitrogens with zero attached hydrogens (tertiary/aromatic N) is 2. The second-order valence-corrected chi connectivity index (χ2v) is 9.94. The van der Waals surface area contributed by atoms with Gasteiger partial charge in [0, 0.05) is 25.0 Å². The molecule has 2 aliphatic rings. The van der Waals surface area contributed by atoms with Gasteiger partial charge in [-0.15, -0.1) is 0 Å². The summed E-state index contributed by atoms with van der Waals surface area (Å²) in [5.74, 6) is 0.631. The molecule has 3 rings (SSSR count). The van der Waals surface area contributed by atoms with E-state index in [0.29, 0.717) is 17.2 Å². The van der Waals surface area contributed by atoms with Crippen LogP contribution in [-0.2, 0) is 11.2 Å². The first-order chi connectivity index (χ1) is 13.7. The number of rotatable bonds is 5. The molecule has 2 heterocycles. The molecule has 1 aromatic rings. The molecule has 4 nitrogen and oxygen atoms in total. The van der Waals surface area contributed by atoms with E-state index < -0.39 is 0 Å². The van der Waals surface area contributed by atoms with E-state index in [4.69, 9.17) is 0 Å². The Labute approximate surface area is 177 Å². The number of piperidine rings is 2. The lowest BCUT2D eigenvalue weighted by atomic mass is 9.77. The molecule has 0 radical (unpaired) electrons. The van der Waals surface area contributed by atoms with Crippen molar-refractivity contribution in [1.82, 2.24) is 9.80 Å². The molecule has 29 heavy (non-hydrogen) atoms. The van der Waals surface area contributed by atoms with E-state index in [1.807, 2.05) is 32.9 Å². The van der Waals surface area contributed by atoms with Crippen molar-refractivity contribution in [3.05, 3.63) is 28.8 Å². The summed E-state index contributed by atoms with van der Waals surface area (Å²) in [6.45, 7) is 14.9. The van der Waals surface area contributed by atoms with E-state index in [-0.39, 0.29) is 11.8 Å². The summed E-state index contributed by atoms with van der Waals surface area (Å²) in [5, 5.41) is 9.97. The van der Waals surface area contributed by atoms with Gasteiger partial charge in [0.25, 0.3) is 0 Å². The average Bonchev–Trinajstić information content (AvgIpc) is 2.72. The molecule has 4 heteroatoms. The highest BCUT2D eigenvalue weighted by Crippen LogP contribution is 2.35. The smallest absolute Gasteiger partial charge is 0.225 e. The van der Waals surface area contributed by atoms with E-state index in [1.54, 1.807) is 0 Å². The third-order valence-corrected chi connectivity index (χ3v) is 7.67. The lowest BCUT2D eigenvalue weighted by molar-refractivity contribution is -0.136. The minimum absolute atomic E-state index is 0.0184. The molecule has 1 N–H and O–H groups in total. The summed E-state index contributed by atoms with van der Waals surface area (Å²) in [5.41, 5.74) is 3.45. The normalized spacial score (nSPS) is 21.9. The Kier molecular flexibility index (Phi) is 6.93. The zero-order chi connectivity index (χ0) is 21.2. The van der Waals surface area contributed by atoms with Gasteiger partial charge in [0.1, 0.15) is 5.75 Å². The first-order valence-electron chi connectivity index (χ1n) is 11.5. The molecule has 162 valence electrons. The number of likely N-dealkylation sites (tertiary alicyclic amines) is 2. The highest BCUT2D eigenvalue weighted by molar-refractivity contribution is 5.79. The van der Waals surface area contributed by atoms with Crippen LogP contribution in [0.1, 0.15) is 69.6 Å². The molecule has 2 aliphatic heterocycles. The van der Waals surface area contributed by atoms with Gasteiger partial charge in [-0.3, -0.25) is 4.79 Å². The van der Waals surface area contributed by atoms with Crippen LogP contribution in [0.15, 0.2) is 12.1 Å². The van der Waals surface area contributed by atoms with Crippen molar-refractivity contribution >= 4 is 5.91 Å². The first kappa shape index (κ1) is 22.1. The number of hydrogen-bond acceptors (Lipinski definition) is 3. The van der Waals surface area contributed by atoms with Gasteiger partial charge in [-0.1, -0.05) is 39.3 Å². The summed E-state index contributed by atoms with van der Waals surface area (Å²) in [6.07, 6.45) is 6.86. The van der Waals surface area contributed by atoms with Crippen molar-refractivity contribution in [1.29, 1.82) is 0 Å². The number of phenols is 1. The molecule has 1 atom stereocenters. The van der Waals surface area contributed by atoms with Crippen LogP contribution in [0, 0.1) is 25.2 Å². The van der Waals surface area contributed by atoms with Crippen molar-refractivity contribution in [3.63, 3.8) is 0 Å². The van der Waals surface area contributed by atoms with Gasteiger partial charge >= 0.3 is 0 Å². The van der Waals surface area contributed by atoms with Crippen molar-refractivity contribution in [2.45, 2.75) is 79.2 Å². The highest BCUT2D eigenvalue weighted by atomic mass is 16.3. The van der Waals surface area contributed by atoms with Gasteiger partial charge in [0.05, 0.1) is 0 Å². The van der Waals surface area contributed by atoms with Gasteiger partial charge < -0.3 is 14.9 Å². The summed E-state index contributed by atoms with van der Waals surface area (Å²) >= 11 is 0. The fourth-order valence-corrected chi connectivity index (χ4v) is 5.15. The second-order valence-electron chi connectivity index (χ2n) is 9.94. The summed E-state index contributed by atoms with van der Waals surface area (Å²) in [6, 6.07) is 4.68. The second kappa shape index (κ2) is 9.07. The van der Waals surface area contributed by atoms with Crippen molar-refractivity contribution in [2.24, 2.45) is 11.3 Å². The average molecular weight is 401 g/mol. The number of benzene rings is 1. The molecule has 0 aromatic heterocycles. The molecular formula is C25H40N2O2. The van der Waals surface area contributed by atoms with Gasteiger partial charge in [0.2, 0.25) is 5.91 Å². The predicted octanol–water partition coefficient (Wildman–Crippen LogP) is 4.69. The predicted molar refractivity (Wildman–Crippen MR) is 119 cm³/mol. The lowest BCUT2D eigenvalue weighted by Crippen LogP contribution is -2.51. The number of carbonyl (C=O) groups is 1. The number of aromatic hydroxyl groups is 1. The molecule has 2 saturated heterocycles. The molecule has 0 unspecified atom stereocenters. The summed E-state index contributed by atoms with van der Waals surface area (Å²) in [4.78, 5) is 17.8. The molecule has 0 bridgehead atoms. The first-order valence-corrected chi connectivity index (χ1v) is 11.5. The minimum Gasteiger partial charge on any atom is -0.507 e. The number of aryl methyl sites for hydroxylation is 2. The number of hydrogen-bond donors (Lipinski definition) is 1. The third kappa shape index (κ3) is 5.14. The van der Waals surface area contributed by atoms with Gasteiger partial charge in [-0.2, -0.15) is 0 Å². The van der Waals surface area contributed by atoms with Crippen LogP contribution < -0.4 is 0 Å². The van der Waals surface area contributed by atoms with Crippen molar-refractivity contribution < 1.29 is 9.90 Å². The Bertz CT molecular complexity index is 691. The maximum absolute atomic E-state index is 13.0. The lowest BCUT2D eigenvalue weighted by Gasteiger charge is -2.45. The largest absolute Gasteiger partial charge is 0.507 e. The van der Waals surface area contributed by atoms with Crippen LogP contribution in [0.25, 0.3) is 0 Å². The Morgan fingerprint density at radius 1 is 1.14 bits per heavy atom. The molecular weight excluding hydrogens is 360 g/mol. The number of carbonyl (C=O) groups excluding carboxylic acids is 1. The zero-order valence-electron chi connectivity index (χ0n) is 19.1. The van der Waals surface area contributed by atoms with Gasteiger partial charge in [0.15, 0.2) is 0 Å². The number of phenolic OH excluding ortho intramolecular Hbond substituents is 1. The van der Waals surface area contributed by atoms with Crippen molar-refractivity contribution in [3.8, 4) is 5.75 Å². The molecule has 2 fully saturated rings.